The summed E-state index contributed by atoms with van der Waals surface area (Å²) in [6.07, 6.45) is 3.70. The van der Waals surface area contributed by atoms with Gasteiger partial charge in [0.25, 0.3) is 0 Å². The molecule has 4 rings (SSSR count). The van der Waals surface area contributed by atoms with Crippen LogP contribution in [0.25, 0.3) is 16.7 Å². The van der Waals surface area contributed by atoms with Gasteiger partial charge in [-0.25, -0.2) is 9.97 Å². The van der Waals surface area contributed by atoms with Gasteiger partial charge in [-0.3, -0.25) is 9.20 Å². The summed E-state index contributed by atoms with van der Waals surface area (Å²) in [6, 6.07) is 3.63. The Labute approximate surface area is 145 Å². The number of imidazole rings is 1. The Morgan fingerprint density at radius 2 is 2.12 bits per heavy atom. The Morgan fingerprint density at radius 1 is 1.32 bits per heavy atom. The third-order valence-corrected chi connectivity index (χ3v) is 4.49. The third-order valence-electron chi connectivity index (χ3n) is 4.49. The van der Waals surface area contributed by atoms with Crippen LogP contribution in [-0.2, 0) is 11.2 Å². The number of anilines is 1. The van der Waals surface area contributed by atoms with Crippen molar-refractivity contribution >= 4 is 28.4 Å². The van der Waals surface area contributed by atoms with Crippen molar-refractivity contribution in [1.29, 1.82) is 0 Å². The summed E-state index contributed by atoms with van der Waals surface area (Å²) in [5, 5.41) is 2.99. The van der Waals surface area contributed by atoms with E-state index in [4.69, 9.17) is 9.72 Å². The number of rotatable bonds is 5. The number of aromatic nitrogens is 4. The molecular weight excluding hydrogens is 318 g/mol. The minimum atomic E-state index is 0.0351. The molecule has 1 fully saturated rings. The number of amides is 1. The number of nitrogens with one attached hydrogen (secondary N) is 1. The molecule has 3 aromatic rings. The molecular formula is C18H21N5O2. The van der Waals surface area contributed by atoms with E-state index in [0.717, 1.165) is 42.7 Å². The van der Waals surface area contributed by atoms with Crippen molar-refractivity contribution in [3.63, 3.8) is 0 Å². The van der Waals surface area contributed by atoms with E-state index in [1.807, 2.05) is 17.4 Å². The van der Waals surface area contributed by atoms with E-state index in [9.17, 15) is 4.79 Å². The van der Waals surface area contributed by atoms with Gasteiger partial charge in [0.1, 0.15) is 16.9 Å². The van der Waals surface area contributed by atoms with Gasteiger partial charge < -0.3 is 10.1 Å². The summed E-state index contributed by atoms with van der Waals surface area (Å²) in [6.45, 7) is 4.05. The van der Waals surface area contributed by atoms with Gasteiger partial charge in [-0.15, -0.1) is 0 Å². The molecule has 3 aromatic heterocycles. The molecule has 0 spiro atoms. The van der Waals surface area contributed by atoms with Crippen LogP contribution in [0.1, 0.15) is 37.7 Å². The maximum Gasteiger partial charge on any atom is 0.228 e. The lowest BCUT2D eigenvalue weighted by Crippen LogP contribution is -2.16. The van der Waals surface area contributed by atoms with Crippen molar-refractivity contribution in [1.82, 2.24) is 19.4 Å². The molecule has 0 aliphatic heterocycles. The van der Waals surface area contributed by atoms with E-state index >= 15 is 0 Å². The fourth-order valence-electron chi connectivity index (χ4n) is 3.10. The van der Waals surface area contributed by atoms with Crippen molar-refractivity contribution in [3.05, 3.63) is 23.7 Å². The molecule has 7 heteroatoms. The molecule has 0 unspecified atom stereocenters. The number of methoxy groups -OCH3 is 1. The van der Waals surface area contributed by atoms with Crippen molar-refractivity contribution in [2.75, 3.05) is 12.4 Å². The number of hydrogen-bond acceptors (Lipinski definition) is 5. The van der Waals surface area contributed by atoms with E-state index in [1.54, 1.807) is 13.2 Å². The Bertz CT molecular complexity index is 975. The fraction of sp³-hybridized carbons (Fsp3) is 0.444. The summed E-state index contributed by atoms with van der Waals surface area (Å²) in [4.78, 5) is 26.2. The third kappa shape index (κ3) is 2.69. The quantitative estimate of drug-likeness (QED) is 0.773. The molecule has 1 aliphatic rings. The fourth-order valence-corrected chi connectivity index (χ4v) is 3.10. The number of carbonyl (C=O) groups excluding carboxylic acids is 1. The van der Waals surface area contributed by atoms with Crippen LogP contribution < -0.4 is 10.1 Å². The highest BCUT2D eigenvalue weighted by Gasteiger charge is 2.31. The number of carbonyl (C=O) groups is 1. The number of fused-ring (bicyclic) bond motifs is 3. The maximum atomic E-state index is 12.3. The Kier molecular flexibility index (Phi) is 3.78. The zero-order valence-corrected chi connectivity index (χ0v) is 14.7. The van der Waals surface area contributed by atoms with E-state index in [2.05, 4.69) is 22.2 Å². The molecule has 3 heterocycles. The summed E-state index contributed by atoms with van der Waals surface area (Å²) in [5.74, 6) is 2.16. The molecule has 0 aromatic carbocycles. The molecule has 0 bridgehead atoms. The van der Waals surface area contributed by atoms with Gasteiger partial charge in [0.2, 0.25) is 11.8 Å². The average molecular weight is 339 g/mol. The van der Waals surface area contributed by atoms with Crippen molar-refractivity contribution in [2.24, 2.45) is 5.92 Å². The Hall–Kier alpha value is -2.70. The van der Waals surface area contributed by atoms with E-state index in [0.29, 0.717) is 22.9 Å². The SMILES string of the molecule is CCCc1nc(C)c2c(NC(=O)C3CC3)nc3ccc(OC)nc3n12. The highest BCUT2D eigenvalue weighted by molar-refractivity contribution is 5.98. The van der Waals surface area contributed by atoms with Crippen LogP contribution in [0.3, 0.4) is 0 Å². The van der Waals surface area contributed by atoms with Crippen LogP contribution in [0, 0.1) is 12.8 Å². The highest BCUT2D eigenvalue weighted by Crippen LogP contribution is 2.32. The topological polar surface area (TPSA) is 81.4 Å². The van der Waals surface area contributed by atoms with Gasteiger partial charge in [-0.05, 0) is 32.3 Å². The number of aryl methyl sites for hydroxylation is 2. The van der Waals surface area contributed by atoms with Crippen LogP contribution in [0.15, 0.2) is 12.1 Å². The van der Waals surface area contributed by atoms with Crippen LogP contribution in [0.2, 0.25) is 0 Å². The summed E-state index contributed by atoms with van der Waals surface area (Å²) in [7, 11) is 1.59. The monoisotopic (exact) mass is 339 g/mol. The molecule has 0 radical (unpaired) electrons. The first-order valence-electron chi connectivity index (χ1n) is 8.66. The lowest BCUT2D eigenvalue weighted by Gasteiger charge is -2.11. The zero-order chi connectivity index (χ0) is 17.6. The molecule has 0 atom stereocenters. The van der Waals surface area contributed by atoms with Crippen molar-refractivity contribution < 1.29 is 9.53 Å². The molecule has 1 saturated carbocycles. The van der Waals surface area contributed by atoms with E-state index < -0.39 is 0 Å². The summed E-state index contributed by atoms with van der Waals surface area (Å²) in [5.41, 5.74) is 3.05. The van der Waals surface area contributed by atoms with E-state index in [1.165, 1.54) is 0 Å². The average Bonchev–Trinajstić information content (AvgIpc) is 3.40. The highest BCUT2D eigenvalue weighted by atomic mass is 16.5. The second kappa shape index (κ2) is 5.98. The number of hydrogen-bond donors (Lipinski definition) is 1. The predicted molar refractivity (Wildman–Crippen MR) is 94.9 cm³/mol. The summed E-state index contributed by atoms with van der Waals surface area (Å²) < 4.78 is 7.28. The molecule has 7 nitrogen and oxygen atoms in total. The van der Waals surface area contributed by atoms with Crippen LogP contribution in [0.4, 0.5) is 5.82 Å². The molecule has 130 valence electrons. The minimum Gasteiger partial charge on any atom is -0.481 e. The molecule has 1 aliphatic carbocycles. The Balaban J connectivity index is 1.99. The molecule has 1 amide bonds. The van der Waals surface area contributed by atoms with Gasteiger partial charge >= 0.3 is 0 Å². The largest absolute Gasteiger partial charge is 0.481 e. The lowest BCUT2D eigenvalue weighted by molar-refractivity contribution is -0.117. The van der Waals surface area contributed by atoms with Crippen molar-refractivity contribution in [2.45, 2.75) is 39.5 Å². The zero-order valence-electron chi connectivity index (χ0n) is 14.7. The van der Waals surface area contributed by atoms with E-state index in [-0.39, 0.29) is 11.8 Å². The van der Waals surface area contributed by atoms with Crippen molar-refractivity contribution in [3.8, 4) is 5.88 Å². The van der Waals surface area contributed by atoms with Gasteiger partial charge in [0.05, 0.1) is 12.8 Å². The first-order chi connectivity index (χ1) is 12.1. The second-order valence-corrected chi connectivity index (χ2v) is 6.47. The second-order valence-electron chi connectivity index (χ2n) is 6.47. The van der Waals surface area contributed by atoms with Crippen LogP contribution in [0.5, 0.6) is 5.88 Å². The smallest absolute Gasteiger partial charge is 0.228 e. The first-order valence-corrected chi connectivity index (χ1v) is 8.66. The number of pyridine rings is 1. The van der Waals surface area contributed by atoms with Gasteiger partial charge in [0.15, 0.2) is 11.5 Å². The molecule has 0 saturated heterocycles. The van der Waals surface area contributed by atoms with Crippen LogP contribution >= 0.6 is 0 Å². The summed E-state index contributed by atoms with van der Waals surface area (Å²) >= 11 is 0. The number of nitrogens with zero attached hydrogens (tertiary/aromatic N) is 4. The Morgan fingerprint density at radius 3 is 2.80 bits per heavy atom. The van der Waals surface area contributed by atoms with Gasteiger partial charge in [0, 0.05) is 18.4 Å². The maximum absolute atomic E-state index is 12.3. The molecule has 25 heavy (non-hydrogen) atoms. The molecule has 1 N–H and O–H groups in total. The van der Waals surface area contributed by atoms with Gasteiger partial charge in [-0.1, -0.05) is 6.92 Å². The predicted octanol–water partition coefficient (Wildman–Crippen LogP) is 2.90. The standard InChI is InChI=1S/C18H21N5O2/c1-4-5-13-19-10(2)15-16(22-18(24)11-6-7-11)20-12-8-9-14(25-3)21-17(12)23(13)15/h8-9,11H,4-7H2,1-3H3,(H,20,22,24). The normalized spacial score (nSPS) is 14.2. The van der Waals surface area contributed by atoms with Crippen LogP contribution in [-0.4, -0.2) is 32.4 Å². The first kappa shape index (κ1) is 15.8. The lowest BCUT2D eigenvalue weighted by atomic mass is 10.3. The number of ether oxygens (including phenoxy) is 1. The van der Waals surface area contributed by atoms with Gasteiger partial charge in [-0.2, -0.15) is 4.98 Å². The minimum absolute atomic E-state index is 0.0351.